The van der Waals surface area contributed by atoms with E-state index in [2.05, 4.69) is 0 Å². The van der Waals surface area contributed by atoms with Crippen molar-refractivity contribution in [3.05, 3.63) is 0 Å². The Kier molecular flexibility index (Phi) is 12.0. The van der Waals surface area contributed by atoms with Crippen LogP contribution in [0.2, 0.25) is 0 Å². The van der Waals surface area contributed by atoms with Crippen molar-refractivity contribution >= 4 is 0 Å². The molecule has 0 aromatic heterocycles. The van der Waals surface area contributed by atoms with Gasteiger partial charge in [-0.05, 0) is 18.8 Å². The first-order valence-corrected chi connectivity index (χ1v) is 8.91. The van der Waals surface area contributed by atoms with Crippen molar-refractivity contribution < 1.29 is 50.3 Å². The highest BCUT2D eigenvalue weighted by Gasteiger charge is 2.38. The first-order valence-electron chi connectivity index (χ1n) is 8.91. The van der Waals surface area contributed by atoms with Crippen LogP contribution in [0.3, 0.4) is 0 Å². The van der Waals surface area contributed by atoms with Gasteiger partial charge < -0.3 is 50.3 Å². The van der Waals surface area contributed by atoms with Crippen LogP contribution in [0.4, 0.5) is 0 Å². The van der Waals surface area contributed by atoms with Crippen LogP contribution in [-0.4, -0.2) is 110 Å². The average Bonchev–Trinajstić information content (AvgIpc) is 2.58. The highest BCUT2D eigenvalue weighted by atomic mass is 16.7. The monoisotopic (exact) mass is 400 g/mol. The van der Waals surface area contributed by atoms with Gasteiger partial charge >= 0.3 is 0 Å². The molecule has 0 aliphatic heterocycles. The zero-order valence-electron chi connectivity index (χ0n) is 16.3. The average molecular weight is 400 g/mol. The van der Waals surface area contributed by atoms with E-state index in [1.165, 1.54) is 6.92 Å². The van der Waals surface area contributed by atoms with E-state index in [9.17, 15) is 40.9 Å². The SMILES string of the molecule is C[C@H](O)C(CO)O[C@H](OC(C(O)CO)C(O)C(O)CC(C)(C)C)[C@H](O)CO. The molecular weight excluding hydrogens is 364 g/mol. The number of hydrogen-bond acceptors (Lipinski definition) is 10. The first-order chi connectivity index (χ1) is 12.4. The van der Waals surface area contributed by atoms with Gasteiger partial charge in [-0.25, -0.2) is 0 Å². The van der Waals surface area contributed by atoms with Crippen molar-refractivity contribution in [3.63, 3.8) is 0 Å². The Balaban J connectivity index is 5.44. The molecule has 5 unspecified atom stereocenters. The van der Waals surface area contributed by atoms with E-state index in [1.807, 2.05) is 20.8 Å². The van der Waals surface area contributed by atoms with Gasteiger partial charge in [-0.3, -0.25) is 0 Å². The van der Waals surface area contributed by atoms with Crippen LogP contribution in [0, 0.1) is 5.41 Å². The fourth-order valence-corrected chi connectivity index (χ4v) is 2.41. The molecule has 0 aromatic rings. The quantitative estimate of drug-likeness (QED) is 0.152. The van der Waals surface area contributed by atoms with Crippen LogP contribution in [0.5, 0.6) is 0 Å². The van der Waals surface area contributed by atoms with Crippen molar-refractivity contribution in [3.8, 4) is 0 Å². The summed E-state index contributed by atoms with van der Waals surface area (Å²) < 4.78 is 10.6. The van der Waals surface area contributed by atoms with Gasteiger partial charge in [0, 0.05) is 0 Å². The van der Waals surface area contributed by atoms with E-state index in [-0.39, 0.29) is 11.8 Å². The molecule has 0 aliphatic carbocycles. The third-order valence-corrected chi connectivity index (χ3v) is 3.94. The maximum Gasteiger partial charge on any atom is 0.186 e. The summed E-state index contributed by atoms with van der Waals surface area (Å²) in [7, 11) is 0. The predicted octanol–water partition coefficient (Wildman–Crippen LogP) is -2.68. The zero-order valence-corrected chi connectivity index (χ0v) is 16.3. The fourth-order valence-electron chi connectivity index (χ4n) is 2.41. The van der Waals surface area contributed by atoms with Crippen LogP contribution < -0.4 is 0 Å². The van der Waals surface area contributed by atoms with E-state index in [4.69, 9.17) is 9.47 Å². The lowest BCUT2D eigenvalue weighted by Gasteiger charge is -2.36. The Morgan fingerprint density at radius 1 is 0.741 bits per heavy atom. The summed E-state index contributed by atoms with van der Waals surface area (Å²) in [4.78, 5) is 0. The molecule has 0 rings (SSSR count). The van der Waals surface area contributed by atoms with Gasteiger partial charge in [0.2, 0.25) is 0 Å². The standard InChI is InChI=1S/C17H36O10/c1-9(21)13(8-20)26-16(12(24)7-19)27-15(11(23)6-18)14(25)10(22)5-17(2,3)4/h9-16,18-25H,5-8H2,1-4H3/t9-,10?,11?,12+,13?,14?,15?,16+/m0/s1. The summed E-state index contributed by atoms with van der Waals surface area (Å²) in [6.45, 7) is 4.56. The molecule has 0 radical (unpaired) electrons. The Labute approximate surface area is 159 Å². The lowest BCUT2D eigenvalue weighted by Crippen LogP contribution is -2.53. The summed E-state index contributed by atoms with van der Waals surface area (Å²) in [6, 6.07) is 0. The van der Waals surface area contributed by atoms with E-state index < -0.39 is 68.8 Å². The van der Waals surface area contributed by atoms with Gasteiger partial charge in [-0.15, -0.1) is 0 Å². The molecule has 0 saturated carbocycles. The molecule has 10 heteroatoms. The van der Waals surface area contributed by atoms with Crippen molar-refractivity contribution in [2.75, 3.05) is 19.8 Å². The third kappa shape index (κ3) is 9.57. The second-order valence-electron chi connectivity index (χ2n) is 7.89. The van der Waals surface area contributed by atoms with E-state index in [0.29, 0.717) is 0 Å². The van der Waals surface area contributed by atoms with Gasteiger partial charge in [-0.2, -0.15) is 0 Å². The molecule has 0 fully saturated rings. The minimum Gasteiger partial charge on any atom is -0.394 e. The molecule has 164 valence electrons. The van der Waals surface area contributed by atoms with Crippen molar-refractivity contribution in [1.82, 2.24) is 0 Å². The van der Waals surface area contributed by atoms with Crippen LogP contribution in [0.15, 0.2) is 0 Å². The van der Waals surface area contributed by atoms with Gasteiger partial charge in [0.05, 0.1) is 32.0 Å². The molecule has 0 aromatic carbocycles. The fraction of sp³-hybridized carbons (Fsp3) is 1.00. The normalized spacial score (nSPS) is 21.8. The maximum absolute atomic E-state index is 10.4. The molecule has 0 amide bonds. The third-order valence-electron chi connectivity index (χ3n) is 3.94. The van der Waals surface area contributed by atoms with Crippen molar-refractivity contribution in [1.29, 1.82) is 0 Å². The maximum atomic E-state index is 10.4. The molecule has 10 nitrogen and oxygen atoms in total. The van der Waals surface area contributed by atoms with E-state index >= 15 is 0 Å². The largest absolute Gasteiger partial charge is 0.394 e. The molecular formula is C17H36O10. The highest BCUT2D eigenvalue weighted by Crippen LogP contribution is 2.25. The summed E-state index contributed by atoms with van der Waals surface area (Å²) in [5, 5.41) is 77.8. The van der Waals surface area contributed by atoms with Gasteiger partial charge in [-0.1, -0.05) is 20.8 Å². The minimum atomic E-state index is -1.66. The number of hydrogen-bond donors (Lipinski definition) is 8. The number of rotatable bonds is 13. The predicted molar refractivity (Wildman–Crippen MR) is 94.6 cm³/mol. The number of aliphatic hydroxyl groups excluding tert-OH is 8. The highest BCUT2D eigenvalue weighted by molar-refractivity contribution is 4.85. The summed E-state index contributed by atoms with van der Waals surface area (Å²) in [5.41, 5.74) is -0.357. The first kappa shape index (κ1) is 26.6. The van der Waals surface area contributed by atoms with Crippen LogP contribution in [0.25, 0.3) is 0 Å². The van der Waals surface area contributed by atoms with E-state index in [1.54, 1.807) is 0 Å². The van der Waals surface area contributed by atoms with Crippen LogP contribution in [-0.2, 0) is 9.47 Å². The molecule has 27 heavy (non-hydrogen) atoms. The summed E-state index contributed by atoms with van der Waals surface area (Å²) in [5.74, 6) is 0. The molecule has 0 aliphatic rings. The molecule has 0 spiro atoms. The molecule has 0 bridgehead atoms. The smallest absolute Gasteiger partial charge is 0.186 e. The molecule has 8 N–H and O–H groups in total. The van der Waals surface area contributed by atoms with Gasteiger partial charge in [0.15, 0.2) is 6.29 Å². The zero-order chi connectivity index (χ0) is 21.4. The molecule has 0 saturated heterocycles. The summed E-state index contributed by atoms with van der Waals surface area (Å²) >= 11 is 0. The van der Waals surface area contributed by atoms with Crippen LogP contribution in [0.1, 0.15) is 34.1 Å². The minimum absolute atomic E-state index is 0.146. The molecule has 0 heterocycles. The second-order valence-corrected chi connectivity index (χ2v) is 7.89. The van der Waals surface area contributed by atoms with Gasteiger partial charge in [0.25, 0.3) is 0 Å². The van der Waals surface area contributed by atoms with Crippen molar-refractivity contribution in [2.24, 2.45) is 5.41 Å². The Morgan fingerprint density at radius 3 is 1.63 bits per heavy atom. The lowest BCUT2D eigenvalue weighted by atomic mass is 9.86. The number of aliphatic hydroxyl groups is 8. The van der Waals surface area contributed by atoms with Crippen LogP contribution >= 0.6 is 0 Å². The Bertz CT molecular complexity index is 386. The lowest BCUT2D eigenvalue weighted by molar-refractivity contribution is -0.284. The summed E-state index contributed by atoms with van der Waals surface area (Å²) in [6.07, 6.45) is -11.7. The Hall–Kier alpha value is -0.400. The van der Waals surface area contributed by atoms with Gasteiger partial charge in [0.1, 0.15) is 30.5 Å². The molecule has 8 atom stereocenters. The van der Waals surface area contributed by atoms with E-state index in [0.717, 1.165) is 0 Å². The Morgan fingerprint density at radius 2 is 1.26 bits per heavy atom. The second kappa shape index (κ2) is 12.2. The number of ether oxygens (including phenoxy) is 2. The topological polar surface area (TPSA) is 180 Å². The van der Waals surface area contributed by atoms with Crippen molar-refractivity contribution in [2.45, 2.75) is 83.1 Å².